The van der Waals surface area contributed by atoms with Gasteiger partial charge in [0.25, 0.3) is 11.9 Å². The van der Waals surface area contributed by atoms with Crippen molar-refractivity contribution < 1.29 is 24.3 Å². The molecule has 92 valence electrons. The summed E-state index contributed by atoms with van der Waals surface area (Å²) in [6, 6.07) is -0.249. The van der Waals surface area contributed by atoms with Gasteiger partial charge in [0.05, 0.1) is 18.0 Å². The molecular formula is C10H14BNO5. The highest BCUT2D eigenvalue weighted by Gasteiger charge is 2.53. The van der Waals surface area contributed by atoms with Crippen molar-refractivity contribution in [1.29, 1.82) is 0 Å². The number of aliphatic hydroxyl groups excluding tert-OH is 2. The second-order valence-electron chi connectivity index (χ2n) is 4.43. The molecule has 17 heavy (non-hydrogen) atoms. The molecule has 3 aliphatic heterocycles. The lowest BCUT2D eigenvalue weighted by atomic mass is 9.82. The minimum atomic E-state index is -0.795. The first-order chi connectivity index (χ1) is 8.15. The Morgan fingerprint density at radius 2 is 2.18 bits per heavy atom. The van der Waals surface area contributed by atoms with Crippen LogP contribution in [0.2, 0.25) is 0 Å². The average molecular weight is 239 g/mol. The molecule has 6 nitrogen and oxygen atoms in total. The standard InChI is InChI=1S/C10H14BNO5/c1-6-9(15-6)11-16-8(13)5-12-4-2-3-7(12)10(14)17-11/h5-6,9,13-14H,2-4H2,1H3/b8-5-,10-7-. The second kappa shape index (κ2) is 3.77. The first kappa shape index (κ1) is 10.6. The summed E-state index contributed by atoms with van der Waals surface area (Å²) >= 11 is 0. The third-order valence-corrected chi connectivity index (χ3v) is 3.16. The Labute approximate surface area is 99.2 Å². The van der Waals surface area contributed by atoms with E-state index >= 15 is 0 Å². The molecule has 0 aromatic heterocycles. The SMILES string of the molecule is CC1OC1B1O/C(O)=C\N2CCC/C2=C(\O)O1. The number of allylic oxidation sites excluding steroid dienone is 1. The molecule has 2 atom stereocenters. The number of ether oxygens (including phenoxy) is 1. The maximum atomic E-state index is 9.87. The first-order valence-corrected chi connectivity index (χ1v) is 5.73. The fourth-order valence-electron chi connectivity index (χ4n) is 2.17. The molecule has 0 amide bonds. The van der Waals surface area contributed by atoms with Gasteiger partial charge >= 0.3 is 7.12 Å². The second-order valence-corrected chi connectivity index (χ2v) is 4.43. The summed E-state index contributed by atoms with van der Waals surface area (Å²) in [5.41, 5.74) is 0.679. The molecule has 0 radical (unpaired) electrons. The van der Waals surface area contributed by atoms with Gasteiger partial charge in [0.15, 0.2) is 0 Å². The molecule has 2 unspecified atom stereocenters. The Bertz CT molecular complexity index is 396. The summed E-state index contributed by atoms with van der Waals surface area (Å²) in [7, 11) is -0.795. The van der Waals surface area contributed by atoms with Gasteiger partial charge in [0.2, 0.25) is 0 Å². The topological polar surface area (TPSA) is 74.7 Å². The third kappa shape index (κ3) is 1.91. The van der Waals surface area contributed by atoms with E-state index in [1.807, 2.05) is 6.92 Å². The van der Waals surface area contributed by atoms with Gasteiger partial charge in [-0.05, 0) is 19.8 Å². The van der Waals surface area contributed by atoms with E-state index in [1.165, 1.54) is 6.20 Å². The predicted molar refractivity (Wildman–Crippen MR) is 58.6 cm³/mol. The molecule has 3 aliphatic rings. The van der Waals surface area contributed by atoms with Crippen molar-refractivity contribution in [1.82, 2.24) is 4.90 Å². The van der Waals surface area contributed by atoms with Crippen LogP contribution >= 0.6 is 0 Å². The fourth-order valence-corrected chi connectivity index (χ4v) is 2.17. The molecule has 0 aromatic rings. The molecule has 0 aromatic carbocycles. The van der Waals surface area contributed by atoms with E-state index in [2.05, 4.69) is 0 Å². The van der Waals surface area contributed by atoms with E-state index in [4.69, 9.17) is 14.0 Å². The largest absolute Gasteiger partial charge is 0.632 e. The van der Waals surface area contributed by atoms with Gasteiger partial charge in [-0.1, -0.05) is 0 Å². The normalized spacial score (nSPS) is 39.5. The molecule has 0 saturated carbocycles. The van der Waals surface area contributed by atoms with Crippen LogP contribution in [0.3, 0.4) is 0 Å². The zero-order valence-electron chi connectivity index (χ0n) is 9.50. The molecule has 0 bridgehead atoms. The van der Waals surface area contributed by atoms with Gasteiger partial charge in [-0.2, -0.15) is 0 Å². The van der Waals surface area contributed by atoms with Gasteiger partial charge in [0.1, 0.15) is 6.00 Å². The molecule has 3 heterocycles. The van der Waals surface area contributed by atoms with Crippen molar-refractivity contribution in [3.8, 4) is 0 Å². The summed E-state index contributed by atoms with van der Waals surface area (Å²) in [6.07, 6.45) is 3.13. The average Bonchev–Trinajstić information content (AvgIpc) is 2.81. The van der Waals surface area contributed by atoms with E-state index in [0.29, 0.717) is 5.70 Å². The zero-order chi connectivity index (χ0) is 12.0. The molecule has 0 aliphatic carbocycles. The monoisotopic (exact) mass is 239 g/mol. The minimum Gasteiger partial charge on any atom is -0.496 e. The highest BCUT2D eigenvalue weighted by atomic mass is 16.7. The lowest BCUT2D eigenvalue weighted by Crippen LogP contribution is -2.33. The van der Waals surface area contributed by atoms with Crippen molar-refractivity contribution in [2.24, 2.45) is 0 Å². The molecule has 0 spiro atoms. The summed E-state index contributed by atoms with van der Waals surface area (Å²) in [4.78, 5) is 1.73. The van der Waals surface area contributed by atoms with Gasteiger partial charge in [-0.3, -0.25) is 0 Å². The minimum absolute atomic E-state index is 0.0182. The van der Waals surface area contributed by atoms with E-state index in [1.54, 1.807) is 4.90 Å². The first-order valence-electron chi connectivity index (χ1n) is 5.73. The van der Waals surface area contributed by atoms with Gasteiger partial charge < -0.3 is 29.2 Å². The lowest BCUT2D eigenvalue weighted by Gasteiger charge is -2.22. The zero-order valence-corrected chi connectivity index (χ0v) is 9.50. The van der Waals surface area contributed by atoms with E-state index in [9.17, 15) is 10.2 Å². The number of rotatable bonds is 1. The lowest BCUT2D eigenvalue weighted by molar-refractivity contribution is 0.107. The molecular weight excluding hydrogens is 225 g/mol. The van der Waals surface area contributed by atoms with Crippen LogP contribution in [0.1, 0.15) is 19.8 Å². The highest BCUT2D eigenvalue weighted by Crippen LogP contribution is 2.31. The van der Waals surface area contributed by atoms with Crippen LogP contribution in [-0.2, 0) is 14.0 Å². The Hall–Kier alpha value is -1.50. The van der Waals surface area contributed by atoms with E-state index in [-0.39, 0.29) is 24.0 Å². The Kier molecular flexibility index (Phi) is 2.36. The van der Waals surface area contributed by atoms with Crippen molar-refractivity contribution >= 4 is 7.12 Å². The van der Waals surface area contributed by atoms with Crippen LogP contribution in [0.5, 0.6) is 0 Å². The molecule has 7 heteroatoms. The maximum Gasteiger partial charge on any atom is 0.632 e. The van der Waals surface area contributed by atoms with Crippen LogP contribution in [0.15, 0.2) is 23.8 Å². The predicted octanol–water partition coefficient (Wildman–Crippen LogP) is 1.03. The quantitative estimate of drug-likeness (QED) is 0.525. The van der Waals surface area contributed by atoms with Crippen molar-refractivity contribution in [3.05, 3.63) is 23.8 Å². The van der Waals surface area contributed by atoms with Crippen LogP contribution in [0.4, 0.5) is 0 Å². The van der Waals surface area contributed by atoms with Gasteiger partial charge in [0, 0.05) is 6.54 Å². The van der Waals surface area contributed by atoms with Crippen molar-refractivity contribution in [3.63, 3.8) is 0 Å². The maximum absolute atomic E-state index is 9.87. The van der Waals surface area contributed by atoms with Crippen LogP contribution in [0.25, 0.3) is 0 Å². The van der Waals surface area contributed by atoms with Crippen LogP contribution in [0, 0.1) is 0 Å². The molecule has 2 N–H and O–H groups in total. The van der Waals surface area contributed by atoms with Crippen molar-refractivity contribution in [2.75, 3.05) is 6.54 Å². The number of epoxide rings is 1. The van der Waals surface area contributed by atoms with E-state index < -0.39 is 7.12 Å². The van der Waals surface area contributed by atoms with Gasteiger partial charge in [-0.25, -0.2) is 0 Å². The van der Waals surface area contributed by atoms with Crippen LogP contribution in [-0.4, -0.2) is 40.9 Å². The fraction of sp³-hybridized carbons (Fsp3) is 0.600. The highest BCUT2D eigenvalue weighted by molar-refractivity contribution is 6.48. The summed E-state index contributed by atoms with van der Waals surface area (Å²) in [6.45, 7) is 2.61. The van der Waals surface area contributed by atoms with E-state index in [0.717, 1.165) is 19.4 Å². The number of aliphatic hydroxyl groups is 2. The number of hydrogen-bond donors (Lipinski definition) is 2. The third-order valence-electron chi connectivity index (χ3n) is 3.16. The number of hydrogen-bond acceptors (Lipinski definition) is 6. The summed E-state index contributed by atoms with van der Waals surface area (Å²) in [5.74, 6) is -0.358. The van der Waals surface area contributed by atoms with Gasteiger partial charge in [-0.15, -0.1) is 0 Å². The summed E-state index contributed by atoms with van der Waals surface area (Å²) in [5, 5.41) is 19.5. The molecule has 2 fully saturated rings. The Balaban J connectivity index is 1.85. The number of nitrogens with zero attached hydrogens (tertiary/aromatic N) is 1. The summed E-state index contributed by atoms with van der Waals surface area (Å²) < 4.78 is 15.7. The Morgan fingerprint density at radius 3 is 2.88 bits per heavy atom. The van der Waals surface area contributed by atoms with Crippen molar-refractivity contribution in [2.45, 2.75) is 31.9 Å². The molecule has 3 rings (SSSR count). The number of fused-ring (bicyclic) bond motifs is 1. The molecule has 2 saturated heterocycles. The van der Waals surface area contributed by atoms with Crippen LogP contribution < -0.4 is 0 Å². The Morgan fingerprint density at radius 1 is 1.41 bits per heavy atom. The smallest absolute Gasteiger partial charge is 0.496 e.